The Hall–Kier alpha value is -1.88. The zero-order chi connectivity index (χ0) is 12.5. The zero-order valence-electron chi connectivity index (χ0n) is 10.1. The van der Waals surface area contributed by atoms with Gasteiger partial charge in [0.15, 0.2) is 0 Å². The number of benzene rings is 1. The maximum Gasteiger partial charge on any atom is 0.437 e. The molecule has 0 unspecified atom stereocenters. The van der Waals surface area contributed by atoms with Crippen LogP contribution in [0.25, 0.3) is 0 Å². The molecule has 1 aromatic carbocycles. The molecule has 1 aliphatic carbocycles. The number of rotatable bonds is 3. The van der Waals surface area contributed by atoms with E-state index >= 15 is 0 Å². The number of hydrogen-bond donors (Lipinski definition) is 0. The van der Waals surface area contributed by atoms with Crippen molar-refractivity contribution in [3.63, 3.8) is 0 Å². The van der Waals surface area contributed by atoms with Crippen LogP contribution in [-0.2, 0) is 24.2 Å². The highest BCUT2D eigenvalue weighted by molar-refractivity contribution is 5.32. The molecule has 0 atom stereocenters. The van der Waals surface area contributed by atoms with Crippen molar-refractivity contribution < 1.29 is 9.15 Å². The minimum atomic E-state index is -0.403. The first-order valence-corrected chi connectivity index (χ1v) is 5.92. The number of nitrogens with zero attached hydrogens (tertiary/aromatic N) is 2. The third kappa shape index (κ3) is 1.86. The van der Waals surface area contributed by atoms with E-state index in [1.165, 1.54) is 15.8 Å². The third-order valence-electron chi connectivity index (χ3n) is 3.25. The van der Waals surface area contributed by atoms with Crippen molar-refractivity contribution in [2.45, 2.75) is 25.5 Å². The molecule has 2 aromatic rings. The first kappa shape index (κ1) is 11.2. The van der Waals surface area contributed by atoms with E-state index < -0.39 is 5.76 Å². The topological polar surface area (TPSA) is 57.3 Å². The van der Waals surface area contributed by atoms with Crippen LogP contribution in [0.15, 0.2) is 33.5 Å². The number of fused-ring (bicyclic) bond motifs is 1. The minimum Gasteiger partial charge on any atom is -0.390 e. The van der Waals surface area contributed by atoms with Gasteiger partial charge in [0, 0.05) is 7.11 Å². The Morgan fingerprint density at radius 2 is 2.06 bits per heavy atom. The van der Waals surface area contributed by atoms with Gasteiger partial charge in [0.05, 0.1) is 6.04 Å². The van der Waals surface area contributed by atoms with Gasteiger partial charge >= 0.3 is 5.76 Å². The summed E-state index contributed by atoms with van der Waals surface area (Å²) in [6, 6.07) is 8.28. The van der Waals surface area contributed by atoms with E-state index in [1.807, 2.05) is 12.1 Å². The zero-order valence-corrected chi connectivity index (χ0v) is 10.1. The predicted molar refractivity (Wildman–Crippen MR) is 64.4 cm³/mol. The summed E-state index contributed by atoms with van der Waals surface area (Å²) in [6.45, 7) is 0.224. The predicted octanol–water partition coefficient (Wildman–Crippen LogP) is 1.32. The van der Waals surface area contributed by atoms with E-state index in [4.69, 9.17) is 9.15 Å². The second-order valence-electron chi connectivity index (χ2n) is 4.47. The monoisotopic (exact) mass is 246 g/mol. The van der Waals surface area contributed by atoms with Crippen LogP contribution in [0.5, 0.6) is 0 Å². The fourth-order valence-corrected chi connectivity index (χ4v) is 2.45. The van der Waals surface area contributed by atoms with Gasteiger partial charge in [0.2, 0.25) is 5.89 Å². The van der Waals surface area contributed by atoms with Crippen molar-refractivity contribution in [2.75, 3.05) is 7.11 Å². The average molecular weight is 246 g/mol. The molecule has 0 amide bonds. The molecule has 94 valence electrons. The molecular weight excluding hydrogens is 232 g/mol. The molecule has 0 bridgehead atoms. The molecule has 0 N–H and O–H groups in total. The highest BCUT2D eigenvalue weighted by atomic mass is 16.5. The quantitative estimate of drug-likeness (QED) is 0.819. The lowest BCUT2D eigenvalue weighted by Crippen LogP contribution is -2.22. The molecule has 3 rings (SSSR count). The van der Waals surface area contributed by atoms with Crippen LogP contribution in [0.2, 0.25) is 0 Å². The normalized spacial score (nSPS) is 14.9. The fraction of sp³-hybridized carbons (Fsp3) is 0.385. The highest BCUT2D eigenvalue weighted by Crippen LogP contribution is 2.28. The maximum atomic E-state index is 11.7. The Labute approximate surface area is 104 Å². The van der Waals surface area contributed by atoms with Crippen molar-refractivity contribution in [2.24, 2.45) is 0 Å². The number of methoxy groups -OCH3 is 1. The first-order chi connectivity index (χ1) is 8.78. The molecule has 0 saturated heterocycles. The minimum absolute atomic E-state index is 0.0595. The van der Waals surface area contributed by atoms with Crippen molar-refractivity contribution in [3.8, 4) is 0 Å². The van der Waals surface area contributed by atoms with E-state index in [9.17, 15) is 4.79 Å². The Kier molecular flexibility index (Phi) is 2.76. The van der Waals surface area contributed by atoms with Crippen LogP contribution >= 0.6 is 0 Å². The summed E-state index contributed by atoms with van der Waals surface area (Å²) in [6.07, 6.45) is 1.66. The lowest BCUT2D eigenvalue weighted by atomic mass is 10.1. The summed E-state index contributed by atoms with van der Waals surface area (Å²) in [5.74, 6) is -0.0710. The SMILES string of the molecule is COCc1nn(C2Cc3ccccc3C2)c(=O)o1. The summed E-state index contributed by atoms with van der Waals surface area (Å²) < 4.78 is 11.4. The average Bonchev–Trinajstić information content (AvgIpc) is 2.92. The molecule has 0 radical (unpaired) electrons. The Balaban J connectivity index is 1.88. The van der Waals surface area contributed by atoms with Gasteiger partial charge in [-0.2, -0.15) is 4.68 Å². The molecule has 0 fully saturated rings. The molecule has 5 nitrogen and oxygen atoms in total. The number of aromatic nitrogens is 2. The Bertz CT molecular complexity index is 590. The molecule has 0 spiro atoms. The van der Waals surface area contributed by atoms with E-state index in [0.717, 1.165) is 12.8 Å². The number of hydrogen-bond acceptors (Lipinski definition) is 4. The third-order valence-corrected chi connectivity index (χ3v) is 3.25. The van der Waals surface area contributed by atoms with Gasteiger partial charge in [-0.15, -0.1) is 5.10 Å². The highest BCUT2D eigenvalue weighted by Gasteiger charge is 2.25. The van der Waals surface area contributed by atoms with Gasteiger partial charge in [-0.3, -0.25) is 0 Å². The van der Waals surface area contributed by atoms with Crippen molar-refractivity contribution in [1.29, 1.82) is 0 Å². The van der Waals surface area contributed by atoms with E-state index in [0.29, 0.717) is 5.89 Å². The molecular formula is C13H14N2O3. The van der Waals surface area contributed by atoms with E-state index in [1.54, 1.807) is 7.11 Å². The molecule has 1 aliphatic rings. The van der Waals surface area contributed by atoms with Crippen LogP contribution in [0.3, 0.4) is 0 Å². The smallest absolute Gasteiger partial charge is 0.390 e. The summed E-state index contributed by atoms with van der Waals surface area (Å²) in [4.78, 5) is 11.7. The second kappa shape index (κ2) is 4.42. The van der Waals surface area contributed by atoms with Crippen molar-refractivity contribution in [3.05, 3.63) is 51.8 Å². The summed E-state index contributed by atoms with van der Waals surface area (Å²) in [7, 11) is 1.55. The molecule has 5 heteroatoms. The van der Waals surface area contributed by atoms with Gasteiger partial charge in [-0.05, 0) is 24.0 Å². The first-order valence-electron chi connectivity index (χ1n) is 5.92. The Morgan fingerprint density at radius 3 is 2.67 bits per heavy atom. The maximum absolute atomic E-state index is 11.7. The molecule has 1 aromatic heterocycles. The van der Waals surface area contributed by atoms with Crippen LogP contribution in [0, 0.1) is 0 Å². The van der Waals surface area contributed by atoms with Gasteiger partial charge in [0.25, 0.3) is 0 Å². The van der Waals surface area contributed by atoms with Crippen LogP contribution < -0.4 is 5.76 Å². The molecule has 0 saturated carbocycles. The fourth-order valence-electron chi connectivity index (χ4n) is 2.45. The number of ether oxygens (including phenoxy) is 1. The lowest BCUT2D eigenvalue weighted by Gasteiger charge is -2.05. The van der Waals surface area contributed by atoms with Crippen LogP contribution in [0.4, 0.5) is 0 Å². The van der Waals surface area contributed by atoms with Crippen molar-refractivity contribution >= 4 is 0 Å². The van der Waals surface area contributed by atoms with E-state index in [2.05, 4.69) is 17.2 Å². The molecule has 1 heterocycles. The standard InChI is InChI=1S/C13H14N2O3/c1-17-8-12-14-15(13(16)18-12)11-6-9-4-2-3-5-10(9)7-11/h2-5,11H,6-8H2,1H3. The molecule has 18 heavy (non-hydrogen) atoms. The van der Waals surface area contributed by atoms with Gasteiger partial charge in [-0.25, -0.2) is 4.79 Å². The summed E-state index contributed by atoms with van der Waals surface area (Å²) >= 11 is 0. The van der Waals surface area contributed by atoms with Crippen LogP contribution in [0.1, 0.15) is 23.1 Å². The summed E-state index contributed by atoms with van der Waals surface area (Å²) in [5.41, 5.74) is 2.57. The van der Waals surface area contributed by atoms with Gasteiger partial charge < -0.3 is 9.15 Å². The summed E-state index contributed by atoms with van der Waals surface area (Å²) in [5, 5.41) is 4.18. The molecule has 0 aliphatic heterocycles. The lowest BCUT2D eigenvalue weighted by molar-refractivity contribution is 0.158. The largest absolute Gasteiger partial charge is 0.437 e. The van der Waals surface area contributed by atoms with Crippen LogP contribution in [-0.4, -0.2) is 16.9 Å². The van der Waals surface area contributed by atoms with Gasteiger partial charge in [0.1, 0.15) is 6.61 Å². The van der Waals surface area contributed by atoms with E-state index in [-0.39, 0.29) is 12.6 Å². The second-order valence-corrected chi connectivity index (χ2v) is 4.47. The van der Waals surface area contributed by atoms with Gasteiger partial charge in [-0.1, -0.05) is 24.3 Å². The van der Waals surface area contributed by atoms with Crippen molar-refractivity contribution in [1.82, 2.24) is 9.78 Å². The Morgan fingerprint density at radius 1 is 1.39 bits per heavy atom.